The summed E-state index contributed by atoms with van der Waals surface area (Å²) in [6.45, 7) is 1.06. The molecule has 15 heavy (non-hydrogen) atoms. The van der Waals surface area contributed by atoms with Crippen molar-refractivity contribution in [2.45, 2.75) is 19.4 Å². The molecule has 0 bridgehead atoms. The maximum absolute atomic E-state index is 6.06. The Morgan fingerprint density at radius 1 is 1.47 bits per heavy atom. The molecule has 1 fully saturated rings. The maximum atomic E-state index is 6.06. The lowest BCUT2D eigenvalue weighted by atomic mass is 10.4. The van der Waals surface area contributed by atoms with Crippen molar-refractivity contribution in [1.29, 1.82) is 0 Å². The molecule has 0 radical (unpaired) electrons. The van der Waals surface area contributed by atoms with Crippen molar-refractivity contribution < 1.29 is 0 Å². The van der Waals surface area contributed by atoms with Crippen molar-refractivity contribution in [3.05, 3.63) is 21.2 Å². The number of aromatic nitrogens is 3. The molecule has 0 unspecified atom stereocenters. The molecule has 0 saturated heterocycles. The minimum Gasteiger partial charge on any atom is -0.331 e. The highest BCUT2D eigenvalue weighted by Crippen LogP contribution is 2.33. The van der Waals surface area contributed by atoms with Gasteiger partial charge in [0.1, 0.15) is 17.1 Å². The standard InChI is InChI=1S/C10H9ClIN3/c11-9-8-7(12)4-15(3-6-1-2-6)10(8)14-5-13-9/h4-6H,1-3H2. The molecule has 1 aliphatic rings. The second-order valence-corrected chi connectivity index (χ2v) is 5.46. The summed E-state index contributed by atoms with van der Waals surface area (Å²) in [7, 11) is 0. The third kappa shape index (κ3) is 1.73. The first-order valence-corrected chi connectivity index (χ1v) is 6.36. The molecule has 0 atom stereocenters. The molecule has 0 amide bonds. The van der Waals surface area contributed by atoms with E-state index in [0.29, 0.717) is 5.15 Å². The normalized spacial score (nSPS) is 16.1. The van der Waals surface area contributed by atoms with Crippen LogP contribution in [0.4, 0.5) is 0 Å². The molecular weight excluding hydrogens is 324 g/mol. The van der Waals surface area contributed by atoms with Crippen LogP contribution in [0, 0.1) is 9.49 Å². The topological polar surface area (TPSA) is 30.7 Å². The molecule has 2 aromatic heterocycles. The molecule has 1 aliphatic carbocycles. The summed E-state index contributed by atoms with van der Waals surface area (Å²) in [6, 6.07) is 0. The monoisotopic (exact) mass is 333 g/mol. The van der Waals surface area contributed by atoms with Gasteiger partial charge in [-0.3, -0.25) is 0 Å². The van der Waals surface area contributed by atoms with Gasteiger partial charge in [0, 0.05) is 16.3 Å². The molecule has 78 valence electrons. The second kappa shape index (κ2) is 3.59. The predicted molar refractivity (Wildman–Crippen MR) is 68.0 cm³/mol. The molecule has 3 nitrogen and oxygen atoms in total. The Hall–Kier alpha value is -0.360. The molecular formula is C10H9ClIN3. The van der Waals surface area contributed by atoms with E-state index >= 15 is 0 Å². The highest BCUT2D eigenvalue weighted by Gasteiger charge is 2.23. The number of hydrogen-bond acceptors (Lipinski definition) is 2. The molecule has 1 saturated carbocycles. The van der Waals surface area contributed by atoms with E-state index in [9.17, 15) is 0 Å². The number of nitrogens with zero attached hydrogens (tertiary/aromatic N) is 3. The highest BCUT2D eigenvalue weighted by atomic mass is 127. The van der Waals surface area contributed by atoms with Crippen LogP contribution in [0.3, 0.4) is 0 Å². The Labute approximate surface area is 106 Å². The quantitative estimate of drug-likeness (QED) is 0.624. The van der Waals surface area contributed by atoms with Gasteiger partial charge in [0.15, 0.2) is 0 Å². The van der Waals surface area contributed by atoms with Crippen LogP contribution in [0.25, 0.3) is 11.0 Å². The first kappa shape index (κ1) is 9.84. The smallest absolute Gasteiger partial charge is 0.145 e. The first-order chi connectivity index (χ1) is 7.25. The van der Waals surface area contributed by atoms with Crippen molar-refractivity contribution in [3.8, 4) is 0 Å². The van der Waals surface area contributed by atoms with Crippen LogP contribution < -0.4 is 0 Å². The van der Waals surface area contributed by atoms with Crippen LogP contribution in [0.1, 0.15) is 12.8 Å². The zero-order valence-electron chi connectivity index (χ0n) is 7.95. The van der Waals surface area contributed by atoms with Gasteiger partial charge in [0.2, 0.25) is 0 Å². The summed E-state index contributed by atoms with van der Waals surface area (Å²) in [5.41, 5.74) is 0.964. The van der Waals surface area contributed by atoms with Gasteiger partial charge in [0.25, 0.3) is 0 Å². The summed E-state index contributed by atoms with van der Waals surface area (Å²) < 4.78 is 3.33. The lowest BCUT2D eigenvalue weighted by Gasteiger charge is -2.01. The third-order valence-corrected chi connectivity index (χ3v) is 3.82. The van der Waals surface area contributed by atoms with E-state index in [-0.39, 0.29) is 0 Å². The summed E-state index contributed by atoms with van der Waals surface area (Å²) in [5.74, 6) is 0.838. The zero-order valence-corrected chi connectivity index (χ0v) is 10.9. The van der Waals surface area contributed by atoms with E-state index in [1.165, 1.54) is 19.2 Å². The fourth-order valence-electron chi connectivity index (χ4n) is 1.76. The van der Waals surface area contributed by atoms with Crippen LogP contribution in [0.5, 0.6) is 0 Å². The van der Waals surface area contributed by atoms with Crippen LogP contribution in [-0.4, -0.2) is 14.5 Å². The van der Waals surface area contributed by atoms with Gasteiger partial charge in [-0.2, -0.15) is 0 Å². The van der Waals surface area contributed by atoms with E-state index in [1.807, 2.05) is 0 Å². The van der Waals surface area contributed by atoms with Crippen LogP contribution in [0.2, 0.25) is 5.15 Å². The van der Waals surface area contributed by atoms with Crippen molar-refractivity contribution in [1.82, 2.24) is 14.5 Å². The van der Waals surface area contributed by atoms with E-state index in [1.54, 1.807) is 0 Å². The number of rotatable bonds is 2. The molecule has 2 heterocycles. The lowest BCUT2D eigenvalue weighted by Crippen LogP contribution is -1.99. The molecule has 2 aromatic rings. The fourth-order valence-corrected chi connectivity index (χ4v) is 2.98. The SMILES string of the molecule is Clc1ncnc2c1c(I)cn2CC1CC1. The minimum absolute atomic E-state index is 0.555. The van der Waals surface area contributed by atoms with Gasteiger partial charge < -0.3 is 4.57 Å². The van der Waals surface area contributed by atoms with Gasteiger partial charge in [-0.1, -0.05) is 11.6 Å². The Morgan fingerprint density at radius 3 is 3.00 bits per heavy atom. The van der Waals surface area contributed by atoms with Crippen molar-refractivity contribution in [3.63, 3.8) is 0 Å². The van der Waals surface area contributed by atoms with Gasteiger partial charge in [-0.25, -0.2) is 9.97 Å². The Balaban J connectivity index is 2.17. The van der Waals surface area contributed by atoms with Gasteiger partial charge in [-0.15, -0.1) is 0 Å². The fraction of sp³-hybridized carbons (Fsp3) is 0.400. The highest BCUT2D eigenvalue weighted by molar-refractivity contribution is 14.1. The average Bonchev–Trinajstić information content (AvgIpc) is 2.94. The predicted octanol–water partition coefficient (Wildman–Crippen LogP) is 3.10. The number of halogens is 2. The van der Waals surface area contributed by atoms with Gasteiger partial charge >= 0.3 is 0 Å². The molecule has 3 rings (SSSR count). The third-order valence-electron chi connectivity index (χ3n) is 2.71. The molecule has 5 heteroatoms. The molecule has 0 spiro atoms. The molecule has 0 N–H and O–H groups in total. The summed E-state index contributed by atoms with van der Waals surface area (Å²) in [6.07, 6.45) is 6.33. The van der Waals surface area contributed by atoms with Gasteiger partial charge in [0.05, 0.1) is 5.39 Å². The zero-order chi connectivity index (χ0) is 10.4. The average molecular weight is 334 g/mol. The van der Waals surface area contributed by atoms with Crippen molar-refractivity contribution in [2.24, 2.45) is 5.92 Å². The molecule has 0 aromatic carbocycles. The lowest BCUT2D eigenvalue weighted by molar-refractivity contribution is 0.641. The first-order valence-electron chi connectivity index (χ1n) is 4.90. The minimum atomic E-state index is 0.555. The van der Waals surface area contributed by atoms with E-state index in [0.717, 1.165) is 27.1 Å². The Bertz CT molecular complexity index is 519. The van der Waals surface area contributed by atoms with Crippen LogP contribution in [0.15, 0.2) is 12.5 Å². The largest absolute Gasteiger partial charge is 0.331 e. The Morgan fingerprint density at radius 2 is 2.27 bits per heavy atom. The van der Waals surface area contributed by atoms with Gasteiger partial charge in [-0.05, 0) is 41.4 Å². The maximum Gasteiger partial charge on any atom is 0.145 e. The van der Waals surface area contributed by atoms with Crippen molar-refractivity contribution in [2.75, 3.05) is 0 Å². The Kier molecular flexibility index (Phi) is 2.35. The summed E-state index contributed by atoms with van der Waals surface area (Å²) >= 11 is 8.35. The number of hydrogen-bond donors (Lipinski definition) is 0. The summed E-state index contributed by atoms with van der Waals surface area (Å²) in [5, 5.41) is 1.54. The second-order valence-electron chi connectivity index (χ2n) is 3.94. The van der Waals surface area contributed by atoms with Crippen LogP contribution >= 0.6 is 34.2 Å². The van der Waals surface area contributed by atoms with E-state index < -0.39 is 0 Å². The van der Waals surface area contributed by atoms with Crippen LogP contribution in [-0.2, 0) is 6.54 Å². The van der Waals surface area contributed by atoms with E-state index in [4.69, 9.17) is 11.6 Å². The molecule has 0 aliphatic heterocycles. The van der Waals surface area contributed by atoms with E-state index in [2.05, 4.69) is 43.3 Å². The summed E-state index contributed by atoms with van der Waals surface area (Å²) in [4.78, 5) is 8.32. The van der Waals surface area contributed by atoms with Crippen molar-refractivity contribution >= 4 is 45.2 Å². The number of fused-ring (bicyclic) bond motifs is 1.